The summed E-state index contributed by atoms with van der Waals surface area (Å²) in [5.41, 5.74) is 9.12. The second-order valence-corrected chi connectivity index (χ2v) is 8.05. The molecule has 0 unspecified atom stereocenters. The molecule has 0 aliphatic carbocycles. The van der Waals surface area contributed by atoms with E-state index in [-0.39, 0.29) is 0 Å². The predicted octanol–water partition coefficient (Wildman–Crippen LogP) is 6.74. The lowest BCUT2D eigenvalue weighted by Crippen LogP contribution is -2.35. The Balaban J connectivity index is 2.05. The standard InChI is InChI=1S/C27H28N/c1-18(2)23-12-9-13-24-26(23)16-20(4)28(5)27(24)25-17-22(15-14-19(25)3)21-10-7-6-8-11-21/h6-18H,1-5H3/q+1. The van der Waals surface area contributed by atoms with Crippen molar-refractivity contribution < 1.29 is 4.57 Å². The molecule has 4 rings (SSSR count). The second kappa shape index (κ2) is 7.24. The fourth-order valence-electron chi connectivity index (χ4n) is 4.13. The van der Waals surface area contributed by atoms with Crippen LogP contribution in [0.1, 0.15) is 36.6 Å². The summed E-state index contributed by atoms with van der Waals surface area (Å²) in [6, 6.07) is 26.5. The van der Waals surface area contributed by atoms with Crippen molar-refractivity contribution in [1.82, 2.24) is 0 Å². The van der Waals surface area contributed by atoms with Crippen LogP contribution >= 0.6 is 0 Å². The second-order valence-electron chi connectivity index (χ2n) is 8.05. The summed E-state index contributed by atoms with van der Waals surface area (Å²) < 4.78 is 2.34. The van der Waals surface area contributed by atoms with E-state index in [9.17, 15) is 0 Å². The molecule has 0 aliphatic heterocycles. The summed E-state index contributed by atoms with van der Waals surface area (Å²) in [7, 11) is 2.18. The molecule has 1 nitrogen and oxygen atoms in total. The van der Waals surface area contributed by atoms with Crippen LogP contribution < -0.4 is 4.57 Å². The molecular formula is C27H28N+. The molecule has 3 aromatic carbocycles. The molecule has 0 fully saturated rings. The van der Waals surface area contributed by atoms with Gasteiger partial charge in [-0.3, -0.25) is 0 Å². The fourth-order valence-corrected chi connectivity index (χ4v) is 4.13. The topological polar surface area (TPSA) is 3.88 Å². The maximum Gasteiger partial charge on any atom is 0.220 e. The van der Waals surface area contributed by atoms with Crippen molar-refractivity contribution >= 4 is 10.8 Å². The fraction of sp³-hybridized carbons (Fsp3) is 0.222. The minimum atomic E-state index is 0.500. The largest absolute Gasteiger partial charge is 0.220 e. The van der Waals surface area contributed by atoms with Gasteiger partial charge in [-0.25, -0.2) is 0 Å². The van der Waals surface area contributed by atoms with Crippen LogP contribution in [0, 0.1) is 13.8 Å². The zero-order chi connectivity index (χ0) is 19.8. The van der Waals surface area contributed by atoms with Gasteiger partial charge in [-0.1, -0.05) is 68.4 Å². The number of aryl methyl sites for hydroxylation is 2. The number of hydrogen-bond donors (Lipinski definition) is 0. The molecule has 1 aromatic heterocycles. The van der Waals surface area contributed by atoms with E-state index in [2.05, 4.69) is 112 Å². The van der Waals surface area contributed by atoms with Crippen LogP contribution in [0.4, 0.5) is 0 Å². The van der Waals surface area contributed by atoms with Gasteiger partial charge in [0.25, 0.3) is 0 Å². The smallest absolute Gasteiger partial charge is 0.198 e. The lowest BCUT2D eigenvalue weighted by Gasteiger charge is -2.15. The Labute approximate surface area is 168 Å². The highest BCUT2D eigenvalue weighted by Gasteiger charge is 2.22. The number of fused-ring (bicyclic) bond motifs is 1. The number of aromatic nitrogens is 1. The van der Waals surface area contributed by atoms with Gasteiger partial charge in [0.05, 0.1) is 10.9 Å². The first kappa shape index (κ1) is 18.4. The van der Waals surface area contributed by atoms with E-state index >= 15 is 0 Å². The van der Waals surface area contributed by atoms with Crippen molar-refractivity contribution in [3.8, 4) is 22.4 Å². The summed E-state index contributed by atoms with van der Waals surface area (Å²) >= 11 is 0. The van der Waals surface area contributed by atoms with E-state index in [0.29, 0.717) is 5.92 Å². The van der Waals surface area contributed by atoms with Gasteiger partial charge in [-0.15, -0.1) is 0 Å². The molecule has 0 spiro atoms. The quantitative estimate of drug-likeness (QED) is 0.354. The van der Waals surface area contributed by atoms with Gasteiger partial charge in [0, 0.05) is 13.0 Å². The third-order valence-corrected chi connectivity index (χ3v) is 5.83. The van der Waals surface area contributed by atoms with Crippen LogP contribution in [-0.4, -0.2) is 0 Å². The molecule has 0 bridgehead atoms. The van der Waals surface area contributed by atoms with Gasteiger partial charge in [-0.2, -0.15) is 4.57 Å². The SMILES string of the molecule is Cc1ccc(-c2ccccc2)cc1-c1c2cccc(C(C)C)c2cc(C)[n+]1C. The first-order chi connectivity index (χ1) is 13.5. The molecular weight excluding hydrogens is 338 g/mol. The number of pyridine rings is 1. The molecule has 0 amide bonds. The highest BCUT2D eigenvalue weighted by atomic mass is 14.9. The summed E-state index contributed by atoms with van der Waals surface area (Å²) in [6.45, 7) is 8.97. The average molecular weight is 367 g/mol. The number of rotatable bonds is 3. The molecule has 28 heavy (non-hydrogen) atoms. The molecule has 0 N–H and O–H groups in total. The first-order valence-corrected chi connectivity index (χ1v) is 10.1. The maximum atomic E-state index is 2.35. The van der Waals surface area contributed by atoms with Crippen LogP contribution in [0.2, 0.25) is 0 Å². The maximum absolute atomic E-state index is 2.35. The summed E-state index contributed by atoms with van der Waals surface area (Å²) in [6.07, 6.45) is 0. The van der Waals surface area contributed by atoms with E-state index in [4.69, 9.17) is 0 Å². The lowest BCUT2D eigenvalue weighted by molar-refractivity contribution is -0.665. The van der Waals surface area contributed by atoms with Crippen LogP contribution in [0.15, 0.2) is 72.8 Å². The van der Waals surface area contributed by atoms with Gasteiger partial charge in [0.1, 0.15) is 7.05 Å². The third-order valence-electron chi connectivity index (χ3n) is 5.83. The highest BCUT2D eigenvalue weighted by Crippen LogP contribution is 2.34. The normalized spacial score (nSPS) is 11.4. The predicted molar refractivity (Wildman–Crippen MR) is 120 cm³/mol. The first-order valence-electron chi connectivity index (χ1n) is 10.1. The van der Waals surface area contributed by atoms with Crippen LogP contribution in [0.25, 0.3) is 33.2 Å². The minimum absolute atomic E-state index is 0.500. The Morgan fingerprint density at radius 3 is 2.18 bits per heavy atom. The Morgan fingerprint density at radius 2 is 1.46 bits per heavy atom. The highest BCUT2D eigenvalue weighted by molar-refractivity contribution is 5.96. The zero-order valence-electron chi connectivity index (χ0n) is 17.5. The Bertz CT molecular complexity index is 1150. The van der Waals surface area contributed by atoms with Crippen molar-refractivity contribution in [2.75, 3.05) is 0 Å². The lowest BCUT2D eigenvalue weighted by atomic mass is 9.91. The van der Waals surface area contributed by atoms with Crippen molar-refractivity contribution in [3.63, 3.8) is 0 Å². The van der Waals surface area contributed by atoms with Gasteiger partial charge >= 0.3 is 0 Å². The third kappa shape index (κ3) is 3.11. The van der Waals surface area contributed by atoms with Gasteiger partial charge in [0.2, 0.25) is 5.69 Å². The van der Waals surface area contributed by atoms with Crippen molar-refractivity contribution in [2.24, 2.45) is 7.05 Å². The average Bonchev–Trinajstić information content (AvgIpc) is 2.70. The molecule has 0 saturated heterocycles. The monoisotopic (exact) mass is 366 g/mol. The Morgan fingerprint density at radius 1 is 0.714 bits per heavy atom. The molecule has 140 valence electrons. The summed E-state index contributed by atoms with van der Waals surface area (Å²) in [5.74, 6) is 0.500. The molecule has 0 aliphatic rings. The number of benzene rings is 3. The molecule has 0 radical (unpaired) electrons. The summed E-state index contributed by atoms with van der Waals surface area (Å²) in [4.78, 5) is 0. The van der Waals surface area contributed by atoms with Crippen LogP contribution in [0.5, 0.6) is 0 Å². The molecule has 0 saturated carbocycles. The molecule has 4 aromatic rings. The van der Waals surface area contributed by atoms with E-state index in [0.717, 1.165) is 0 Å². The zero-order valence-corrected chi connectivity index (χ0v) is 17.5. The molecule has 1 heteroatoms. The van der Waals surface area contributed by atoms with Gasteiger partial charge in [0.15, 0.2) is 5.69 Å². The Hall–Kier alpha value is -2.93. The van der Waals surface area contributed by atoms with Crippen LogP contribution in [-0.2, 0) is 7.05 Å². The van der Waals surface area contributed by atoms with Crippen molar-refractivity contribution in [3.05, 3.63) is 89.6 Å². The molecule has 1 heterocycles. The van der Waals surface area contributed by atoms with E-state index in [1.807, 2.05) is 0 Å². The van der Waals surface area contributed by atoms with E-state index in [1.165, 1.54) is 50.0 Å². The summed E-state index contributed by atoms with van der Waals surface area (Å²) in [5, 5.41) is 2.69. The molecule has 0 atom stereocenters. The van der Waals surface area contributed by atoms with E-state index in [1.54, 1.807) is 0 Å². The number of nitrogens with zero attached hydrogens (tertiary/aromatic N) is 1. The van der Waals surface area contributed by atoms with Crippen molar-refractivity contribution in [1.29, 1.82) is 0 Å². The minimum Gasteiger partial charge on any atom is -0.198 e. The van der Waals surface area contributed by atoms with Crippen LogP contribution in [0.3, 0.4) is 0 Å². The Kier molecular flexibility index (Phi) is 4.77. The number of hydrogen-bond acceptors (Lipinski definition) is 0. The van der Waals surface area contributed by atoms with Gasteiger partial charge < -0.3 is 0 Å². The van der Waals surface area contributed by atoms with E-state index < -0.39 is 0 Å². The van der Waals surface area contributed by atoms with Gasteiger partial charge in [-0.05, 0) is 52.6 Å². The van der Waals surface area contributed by atoms with Crippen molar-refractivity contribution in [2.45, 2.75) is 33.6 Å².